The third-order valence-corrected chi connectivity index (χ3v) is 6.87. The van der Waals surface area contributed by atoms with Gasteiger partial charge in [0, 0.05) is 50.2 Å². The van der Waals surface area contributed by atoms with Crippen molar-refractivity contribution in [3.63, 3.8) is 0 Å². The SMILES string of the molecule is Cc1cc(C)cc(C(=O)N2CCC(N(CCn3ccnc3C)S(C)(=O)=O)CC2)c1. The van der Waals surface area contributed by atoms with Crippen LogP contribution in [0.15, 0.2) is 30.6 Å². The van der Waals surface area contributed by atoms with Crippen molar-refractivity contribution in [2.24, 2.45) is 0 Å². The Balaban J connectivity index is 1.65. The molecule has 8 heteroatoms. The first-order chi connectivity index (χ1) is 13.6. The highest BCUT2D eigenvalue weighted by Crippen LogP contribution is 2.21. The molecule has 0 atom stereocenters. The highest BCUT2D eigenvalue weighted by Gasteiger charge is 2.31. The molecule has 0 unspecified atom stereocenters. The van der Waals surface area contributed by atoms with Crippen molar-refractivity contribution >= 4 is 15.9 Å². The van der Waals surface area contributed by atoms with Gasteiger partial charge in [0.25, 0.3) is 5.91 Å². The monoisotopic (exact) mass is 418 g/mol. The van der Waals surface area contributed by atoms with Gasteiger partial charge in [-0.15, -0.1) is 0 Å². The highest BCUT2D eigenvalue weighted by atomic mass is 32.2. The molecule has 158 valence electrons. The maximum absolute atomic E-state index is 12.9. The van der Waals surface area contributed by atoms with E-state index < -0.39 is 10.0 Å². The van der Waals surface area contributed by atoms with E-state index in [-0.39, 0.29) is 11.9 Å². The summed E-state index contributed by atoms with van der Waals surface area (Å²) in [5.41, 5.74) is 2.85. The molecule has 7 nitrogen and oxygen atoms in total. The van der Waals surface area contributed by atoms with E-state index in [1.54, 1.807) is 10.5 Å². The first-order valence-corrected chi connectivity index (χ1v) is 11.8. The van der Waals surface area contributed by atoms with Crippen molar-refractivity contribution in [2.45, 2.75) is 46.2 Å². The topological polar surface area (TPSA) is 75.5 Å². The zero-order valence-corrected chi connectivity index (χ0v) is 18.4. The van der Waals surface area contributed by atoms with Crippen molar-refractivity contribution in [3.05, 3.63) is 53.1 Å². The predicted molar refractivity (Wildman–Crippen MR) is 113 cm³/mol. The molecule has 1 amide bonds. The minimum absolute atomic E-state index is 0.0233. The molecule has 3 rings (SSSR count). The molecular formula is C21H30N4O3S. The van der Waals surface area contributed by atoms with Crippen LogP contribution in [0.2, 0.25) is 0 Å². The Kier molecular flexibility index (Phi) is 6.43. The van der Waals surface area contributed by atoms with E-state index in [1.807, 2.05) is 48.6 Å². The normalized spacial score (nSPS) is 15.8. The van der Waals surface area contributed by atoms with Gasteiger partial charge in [-0.05, 0) is 45.7 Å². The summed E-state index contributed by atoms with van der Waals surface area (Å²) in [6, 6.07) is 5.79. The summed E-state index contributed by atoms with van der Waals surface area (Å²) in [5.74, 6) is 0.891. The highest BCUT2D eigenvalue weighted by molar-refractivity contribution is 7.88. The second-order valence-corrected chi connectivity index (χ2v) is 9.88. The second kappa shape index (κ2) is 8.67. The lowest BCUT2D eigenvalue weighted by Gasteiger charge is -2.37. The Labute approximate surface area is 173 Å². The molecule has 0 N–H and O–H groups in total. The lowest BCUT2D eigenvalue weighted by Crippen LogP contribution is -2.49. The number of nitrogens with zero attached hydrogens (tertiary/aromatic N) is 4. The summed E-state index contributed by atoms with van der Waals surface area (Å²) in [5, 5.41) is 0. The van der Waals surface area contributed by atoms with E-state index in [4.69, 9.17) is 0 Å². The van der Waals surface area contributed by atoms with Crippen LogP contribution in [0.25, 0.3) is 0 Å². The minimum Gasteiger partial charge on any atom is -0.339 e. The van der Waals surface area contributed by atoms with E-state index in [9.17, 15) is 13.2 Å². The molecule has 2 heterocycles. The summed E-state index contributed by atoms with van der Waals surface area (Å²) in [6.45, 7) is 7.98. The van der Waals surface area contributed by atoms with E-state index >= 15 is 0 Å². The molecule has 1 saturated heterocycles. The second-order valence-electron chi connectivity index (χ2n) is 7.94. The number of aromatic nitrogens is 2. The van der Waals surface area contributed by atoms with E-state index in [2.05, 4.69) is 11.1 Å². The molecule has 1 aromatic carbocycles. The van der Waals surface area contributed by atoms with Crippen LogP contribution in [0.4, 0.5) is 0 Å². The van der Waals surface area contributed by atoms with Gasteiger partial charge >= 0.3 is 0 Å². The number of amides is 1. The third-order valence-electron chi connectivity index (χ3n) is 5.54. The molecule has 1 aliphatic rings. The van der Waals surface area contributed by atoms with Gasteiger partial charge in [-0.3, -0.25) is 4.79 Å². The van der Waals surface area contributed by atoms with Crippen LogP contribution in [-0.2, 0) is 16.6 Å². The van der Waals surface area contributed by atoms with E-state index in [1.165, 1.54) is 6.26 Å². The van der Waals surface area contributed by atoms with Crippen LogP contribution in [0.3, 0.4) is 0 Å². The number of aryl methyl sites for hydroxylation is 3. The number of likely N-dealkylation sites (tertiary alicyclic amines) is 1. The summed E-state index contributed by atoms with van der Waals surface area (Å²) < 4.78 is 28.4. The smallest absolute Gasteiger partial charge is 0.253 e. The molecule has 0 saturated carbocycles. The number of carbonyl (C=O) groups is 1. The standard InChI is InChI=1S/C21H30N4O3S/c1-16-13-17(2)15-19(14-16)21(26)24-8-5-20(6-9-24)25(29(4,27)28)12-11-23-10-7-22-18(23)3/h7,10,13-15,20H,5-6,8-9,11-12H2,1-4H3. The van der Waals surface area contributed by atoms with Crippen molar-refractivity contribution in [2.75, 3.05) is 25.9 Å². The first kappa shape index (κ1) is 21.5. The number of hydrogen-bond donors (Lipinski definition) is 0. The lowest BCUT2D eigenvalue weighted by molar-refractivity contribution is 0.0677. The Morgan fingerprint density at radius 2 is 1.76 bits per heavy atom. The number of benzene rings is 1. The fraction of sp³-hybridized carbons (Fsp3) is 0.524. The van der Waals surface area contributed by atoms with Crippen molar-refractivity contribution in [1.82, 2.24) is 18.8 Å². The zero-order chi connectivity index (χ0) is 21.2. The summed E-state index contributed by atoms with van der Waals surface area (Å²) in [6.07, 6.45) is 6.14. The van der Waals surface area contributed by atoms with Gasteiger partial charge in [-0.2, -0.15) is 4.31 Å². The molecule has 29 heavy (non-hydrogen) atoms. The maximum Gasteiger partial charge on any atom is 0.253 e. The molecule has 2 aromatic rings. The molecule has 1 aromatic heterocycles. The Morgan fingerprint density at radius 3 is 2.28 bits per heavy atom. The third kappa shape index (κ3) is 5.25. The van der Waals surface area contributed by atoms with Gasteiger partial charge in [0.2, 0.25) is 10.0 Å². The van der Waals surface area contributed by atoms with Crippen molar-refractivity contribution in [1.29, 1.82) is 0 Å². The first-order valence-electron chi connectivity index (χ1n) is 9.97. The number of sulfonamides is 1. The number of rotatable bonds is 6. The molecule has 1 aliphatic heterocycles. The predicted octanol–water partition coefficient (Wildman–Crippen LogP) is 2.37. The molecule has 0 bridgehead atoms. The fourth-order valence-electron chi connectivity index (χ4n) is 4.10. The van der Waals surface area contributed by atoms with Crippen molar-refractivity contribution < 1.29 is 13.2 Å². The van der Waals surface area contributed by atoms with Gasteiger partial charge in [-0.25, -0.2) is 13.4 Å². The maximum atomic E-state index is 12.9. The van der Waals surface area contributed by atoms with E-state index in [0.717, 1.165) is 17.0 Å². The number of carbonyl (C=O) groups excluding carboxylic acids is 1. The van der Waals surface area contributed by atoms with Crippen LogP contribution in [0.5, 0.6) is 0 Å². The zero-order valence-electron chi connectivity index (χ0n) is 17.6. The average Bonchev–Trinajstić information content (AvgIpc) is 3.05. The quantitative estimate of drug-likeness (QED) is 0.722. The van der Waals surface area contributed by atoms with Crippen molar-refractivity contribution in [3.8, 4) is 0 Å². The molecule has 0 aliphatic carbocycles. The van der Waals surface area contributed by atoms with Crippen LogP contribution in [0.1, 0.15) is 40.2 Å². The average molecular weight is 419 g/mol. The van der Waals surface area contributed by atoms with Gasteiger partial charge in [0.15, 0.2) is 0 Å². The Hall–Kier alpha value is -2.19. The van der Waals surface area contributed by atoms with Crippen LogP contribution < -0.4 is 0 Å². The summed E-state index contributed by atoms with van der Waals surface area (Å²) >= 11 is 0. The Morgan fingerprint density at radius 1 is 1.14 bits per heavy atom. The van der Waals surface area contributed by atoms with Crippen LogP contribution in [-0.4, -0.2) is 65.0 Å². The number of piperidine rings is 1. The molecule has 0 radical (unpaired) electrons. The van der Waals surface area contributed by atoms with E-state index in [0.29, 0.717) is 44.6 Å². The van der Waals surface area contributed by atoms with Gasteiger partial charge in [-0.1, -0.05) is 17.2 Å². The van der Waals surface area contributed by atoms with Gasteiger partial charge in [0.05, 0.1) is 6.26 Å². The fourth-order valence-corrected chi connectivity index (χ4v) is 5.27. The van der Waals surface area contributed by atoms with Gasteiger partial charge in [0.1, 0.15) is 5.82 Å². The minimum atomic E-state index is -3.34. The summed E-state index contributed by atoms with van der Waals surface area (Å²) in [7, 11) is -3.34. The Bertz CT molecular complexity index is 955. The molecule has 1 fully saturated rings. The largest absolute Gasteiger partial charge is 0.339 e. The van der Waals surface area contributed by atoms with Crippen LogP contribution in [0, 0.1) is 20.8 Å². The summed E-state index contributed by atoms with van der Waals surface area (Å²) in [4.78, 5) is 18.9. The molecule has 0 spiro atoms. The van der Waals surface area contributed by atoms with Gasteiger partial charge < -0.3 is 9.47 Å². The van der Waals surface area contributed by atoms with Crippen LogP contribution >= 0.6 is 0 Å². The molecular weight excluding hydrogens is 388 g/mol. The number of imidazole rings is 1. The number of hydrogen-bond acceptors (Lipinski definition) is 4. The lowest BCUT2D eigenvalue weighted by atomic mass is 10.0.